The molecule has 0 spiro atoms. The number of pyridine rings is 1. The average molecular weight is 439 g/mol. The van der Waals surface area contributed by atoms with Crippen LogP contribution in [0.4, 0.5) is 16.4 Å². The van der Waals surface area contributed by atoms with Crippen LogP contribution in [0, 0.1) is 6.92 Å². The summed E-state index contributed by atoms with van der Waals surface area (Å²) < 4.78 is 7.31. The summed E-state index contributed by atoms with van der Waals surface area (Å²) in [5.74, 6) is 1.00. The fraction of sp³-hybridized carbons (Fsp3) is 0.381. The van der Waals surface area contributed by atoms with Gasteiger partial charge >= 0.3 is 6.09 Å². The van der Waals surface area contributed by atoms with Crippen molar-refractivity contribution in [1.29, 1.82) is 0 Å². The zero-order chi connectivity index (χ0) is 22.8. The molecule has 32 heavy (non-hydrogen) atoms. The second kappa shape index (κ2) is 8.69. The Labute approximate surface area is 184 Å². The lowest BCUT2D eigenvalue weighted by atomic mass is 10.2. The summed E-state index contributed by atoms with van der Waals surface area (Å²) in [5.41, 5.74) is 2.00. The Morgan fingerprint density at radius 1 is 1.25 bits per heavy atom. The molecule has 1 atom stereocenters. The summed E-state index contributed by atoms with van der Waals surface area (Å²) in [6.07, 6.45) is 0.769. The summed E-state index contributed by atoms with van der Waals surface area (Å²) >= 11 is 0. The first-order valence-electron chi connectivity index (χ1n) is 10.4. The third-order valence-electron chi connectivity index (χ3n) is 5.32. The number of rotatable bonds is 5. The van der Waals surface area contributed by atoms with Gasteiger partial charge < -0.3 is 25.0 Å². The van der Waals surface area contributed by atoms with E-state index in [9.17, 15) is 14.7 Å². The van der Waals surface area contributed by atoms with Crippen LogP contribution < -0.4 is 15.0 Å². The van der Waals surface area contributed by atoms with Gasteiger partial charge in [-0.1, -0.05) is 0 Å². The Morgan fingerprint density at radius 3 is 2.72 bits per heavy atom. The number of hydrogen-bond donors (Lipinski definition) is 2. The maximum Gasteiger partial charge on any atom is 0.407 e. The molecule has 1 aliphatic rings. The van der Waals surface area contributed by atoms with Crippen molar-refractivity contribution in [3.63, 3.8) is 0 Å². The van der Waals surface area contributed by atoms with Gasteiger partial charge in [0, 0.05) is 25.7 Å². The molecule has 0 unspecified atom stereocenters. The van der Waals surface area contributed by atoms with Gasteiger partial charge in [-0.25, -0.2) is 9.31 Å². The van der Waals surface area contributed by atoms with E-state index in [0.29, 0.717) is 49.2 Å². The maximum absolute atomic E-state index is 12.9. The summed E-state index contributed by atoms with van der Waals surface area (Å²) in [6, 6.07) is 6.90. The number of piperazine rings is 1. The number of nitrogens with zero attached hydrogens (tertiary/aromatic N) is 6. The van der Waals surface area contributed by atoms with Crippen LogP contribution in [0.2, 0.25) is 0 Å². The predicted molar refractivity (Wildman–Crippen MR) is 117 cm³/mol. The topological polar surface area (TPSA) is 125 Å². The Balaban J connectivity index is 1.48. The van der Waals surface area contributed by atoms with Crippen LogP contribution in [0.3, 0.4) is 0 Å². The van der Waals surface area contributed by atoms with Crippen LogP contribution in [-0.4, -0.2) is 74.1 Å². The highest BCUT2D eigenvalue weighted by molar-refractivity contribution is 6.06. The molecule has 4 rings (SSSR count). The zero-order valence-electron chi connectivity index (χ0n) is 18.1. The van der Waals surface area contributed by atoms with Crippen LogP contribution in [0.5, 0.6) is 5.75 Å². The third kappa shape index (κ3) is 4.27. The molecule has 1 saturated heterocycles. The number of hydrogen-bond acceptors (Lipinski definition) is 7. The zero-order valence-corrected chi connectivity index (χ0v) is 18.1. The maximum atomic E-state index is 12.9. The first-order valence-corrected chi connectivity index (χ1v) is 10.4. The molecule has 3 aromatic rings. The van der Waals surface area contributed by atoms with E-state index in [1.807, 2.05) is 31.7 Å². The number of carboxylic acid groups (broad SMARTS) is 1. The monoisotopic (exact) mass is 439 g/mol. The van der Waals surface area contributed by atoms with E-state index in [0.717, 1.165) is 11.2 Å². The molecule has 11 heteroatoms. The summed E-state index contributed by atoms with van der Waals surface area (Å²) in [5, 5.41) is 24.7. The first kappa shape index (κ1) is 21.3. The predicted octanol–water partition coefficient (Wildman–Crippen LogP) is 2.27. The Bertz CT molecular complexity index is 1150. The molecule has 2 N–H and O–H groups in total. The number of amides is 2. The first-order chi connectivity index (χ1) is 15.4. The largest absolute Gasteiger partial charge is 0.491 e. The fourth-order valence-electron chi connectivity index (χ4n) is 3.79. The molecule has 3 aromatic heterocycles. The molecule has 0 bridgehead atoms. The lowest BCUT2D eigenvalue weighted by Gasteiger charge is -2.38. The van der Waals surface area contributed by atoms with Crippen molar-refractivity contribution in [2.75, 3.05) is 36.5 Å². The molecule has 168 valence electrons. The van der Waals surface area contributed by atoms with Crippen LogP contribution in [0.1, 0.15) is 29.9 Å². The van der Waals surface area contributed by atoms with E-state index < -0.39 is 6.09 Å². The van der Waals surface area contributed by atoms with E-state index in [1.54, 1.807) is 28.9 Å². The van der Waals surface area contributed by atoms with Crippen molar-refractivity contribution in [1.82, 2.24) is 24.7 Å². The third-order valence-corrected chi connectivity index (χ3v) is 5.32. The van der Waals surface area contributed by atoms with Crippen molar-refractivity contribution >= 4 is 29.2 Å². The Morgan fingerprint density at radius 2 is 2.06 bits per heavy atom. The van der Waals surface area contributed by atoms with Crippen LogP contribution in [0.15, 0.2) is 30.5 Å². The van der Waals surface area contributed by atoms with Gasteiger partial charge in [0.25, 0.3) is 5.91 Å². The lowest BCUT2D eigenvalue weighted by molar-refractivity contribution is 0.102. The number of aromatic nitrogens is 4. The summed E-state index contributed by atoms with van der Waals surface area (Å²) in [7, 11) is 0. The molecule has 2 amide bonds. The number of ether oxygens (including phenoxy) is 1. The Hall–Kier alpha value is -3.89. The van der Waals surface area contributed by atoms with Crippen LogP contribution >= 0.6 is 0 Å². The Kier molecular flexibility index (Phi) is 5.80. The molecule has 0 aromatic carbocycles. The molecule has 1 fully saturated rings. The van der Waals surface area contributed by atoms with E-state index >= 15 is 0 Å². The second-order valence-electron chi connectivity index (χ2n) is 7.64. The van der Waals surface area contributed by atoms with Gasteiger partial charge in [-0.05, 0) is 45.0 Å². The molecular weight excluding hydrogens is 414 g/mol. The minimum Gasteiger partial charge on any atom is -0.491 e. The average Bonchev–Trinajstić information content (AvgIpc) is 3.12. The van der Waals surface area contributed by atoms with E-state index in [-0.39, 0.29) is 11.9 Å². The minimum absolute atomic E-state index is 0.151. The number of carbonyl (C=O) groups is 2. The fourth-order valence-corrected chi connectivity index (χ4v) is 3.79. The normalized spacial score (nSPS) is 16.3. The van der Waals surface area contributed by atoms with Crippen molar-refractivity contribution in [3.8, 4) is 5.75 Å². The molecule has 11 nitrogen and oxygen atoms in total. The molecule has 0 saturated carbocycles. The van der Waals surface area contributed by atoms with Gasteiger partial charge in [-0.15, -0.1) is 10.2 Å². The van der Waals surface area contributed by atoms with E-state index in [1.165, 1.54) is 4.90 Å². The molecule has 0 aliphatic carbocycles. The van der Waals surface area contributed by atoms with Crippen molar-refractivity contribution < 1.29 is 19.4 Å². The summed E-state index contributed by atoms with van der Waals surface area (Å²) in [6.45, 7) is 7.45. The van der Waals surface area contributed by atoms with Crippen LogP contribution in [0.25, 0.3) is 5.52 Å². The van der Waals surface area contributed by atoms with Crippen molar-refractivity contribution in [3.05, 3.63) is 41.7 Å². The number of nitrogens with one attached hydrogen (secondary N) is 1. The van der Waals surface area contributed by atoms with Crippen molar-refractivity contribution in [2.24, 2.45) is 0 Å². The van der Waals surface area contributed by atoms with Crippen molar-refractivity contribution in [2.45, 2.75) is 26.8 Å². The highest BCUT2D eigenvalue weighted by Gasteiger charge is 2.28. The number of carbonyl (C=O) groups excluding carboxylic acids is 1. The number of aryl methyl sites for hydroxylation is 1. The van der Waals surface area contributed by atoms with Crippen LogP contribution in [-0.2, 0) is 0 Å². The quantitative estimate of drug-likeness (QED) is 0.620. The standard InChI is InChI=1S/C21H25N7O4/c1-4-32-17-12-28-15(9-13(2)25-28)10-16(17)20(29)22-18-5-6-19(24-23-18)26-7-8-27(21(30)31)14(3)11-26/h5-6,9-10,12,14H,4,7-8,11H2,1-3H3,(H,30,31)(H,22,23,29)/t14-/m0/s1. The van der Waals surface area contributed by atoms with Gasteiger partial charge in [0.2, 0.25) is 0 Å². The SMILES string of the molecule is CCOc1cn2nc(C)cc2cc1C(=O)Nc1ccc(N2CCN(C(=O)O)[C@@H](C)C2)nn1. The van der Waals surface area contributed by atoms with Gasteiger partial charge in [0.15, 0.2) is 11.6 Å². The molecule has 0 radical (unpaired) electrons. The molecule has 1 aliphatic heterocycles. The molecule has 4 heterocycles. The lowest BCUT2D eigenvalue weighted by Crippen LogP contribution is -2.54. The van der Waals surface area contributed by atoms with E-state index in [4.69, 9.17) is 4.74 Å². The highest BCUT2D eigenvalue weighted by atomic mass is 16.5. The summed E-state index contributed by atoms with van der Waals surface area (Å²) in [4.78, 5) is 27.6. The minimum atomic E-state index is -0.919. The van der Waals surface area contributed by atoms with Gasteiger partial charge in [0.1, 0.15) is 5.75 Å². The van der Waals surface area contributed by atoms with Gasteiger partial charge in [-0.3, -0.25) is 4.79 Å². The number of anilines is 2. The second-order valence-corrected chi connectivity index (χ2v) is 7.64. The smallest absolute Gasteiger partial charge is 0.407 e. The molecular formula is C21H25N7O4. The van der Waals surface area contributed by atoms with Gasteiger partial charge in [0.05, 0.1) is 29.6 Å². The van der Waals surface area contributed by atoms with Gasteiger partial charge in [-0.2, -0.15) is 5.10 Å². The number of fused-ring (bicyclic) bond motifs is 1. The highest BCUT2D eigenvalue weighted by Crippen LogP contribution is 2.23. The van der Waals surface area contributed by atoms with E-state index in [2.05, 4.69) is 20.6 Å².